The highest BCUT2D eigenvalue weighted by atomic mass is 16.5. The van der Waals surface area contributed by atoms with Crippen LogP contribution in [0.5, 0.6) is 11.5 Å². The Morgan fingerprint density at radius 3 is 2.37 bits per heavy atom. The molecule has 6 heteroatoms. The van der Waals surface area contributed by atoms with Crippen LogP contribution in [0.4, 0.5) is 0 Å². The van der Waals surface area contributed by atoms with Crippen LogP contribution in [0.1, 0.15) is 19.7 Å². The van der Waals surface area contributed by atoms with Gasteiger partial charge in [0.15, 0.2) is 17.3 Å². The fourth-order valence-electron chi connectivity index (χ4n) is 1.57. The molecule has 0 saturated carbocycles. The van der Waals surface area contributed by atoms with Crippen LogP contribution in [0.25, 0.3) is 11.5 Å². The molecule has 0 atom stereocenters. The third-order valence-corrected chi connectivity index (χ3v) is 2.63. The van der Waals surface area contributed by atoms with Crippen LogP contribution in [0.2, 0.25) is 0 Å². The Balaban J connectivity index is 2.39. The summed E-state index contributed by atoms with van der Waals surface area (Å²) in [7, 11) is 3.16. The van der Waals surface area contributed by atoms with Crippen LogP contribution < -0.4 is 15.2 Å². The molecule has 6 nitrogen and oxygen atoms in total. The van der Waals surface area contributed by atoms with Gasteiger partial charge in [0.2, 0.25) is 0 Å². The molecular formula is C13H17N3O3. The summed E-state index contributed by atoms with van der Waals surface area (Å²) >= 11 is 0. The summed E-state index contributed by atoms with van der Waals surface area (Å²) in [4.78, 5) is 4.28. The first-order valence-electron chi connectivity index (χ1n) is 5.81. The largest absolute Gasteiger partial charge is 0.493 e. The normalized spacial score (nSPS) is 11.4. The number of hydrogen-bond donors (Lipinski definition) is 1. The van der Waals surface area contributed by atoms with E-state index >= 15 is 0 Å². The molecule has 2 aromatic rings. The Kier molecular flexibility index (Phi) is 3.44. The molecule has 0 bridgehead atoms. The minimum Gasteiger partial charge on any atom is -0.493 e. The third-order valence-electron chi connectivity index (χ3n) is 2.63. The van der Waals surface area contributed by atoms with E-state index in [1.807, 2.05) is 19.9 Å². The highest BCUT2D eigenvalue weighted by Gasteiger charge is 2.22. The van der Waals surface area contributed by atoms with E-state index in [4.69, 9.17) is 19.7 Å². The van der Waals surface area contributed by atoms with E-state index in [0.29, 0.717) is 23.2 Å². The van der Waals surface area contributed by atoms with Gasteiger partial charge in [0, 0.05) is 5.56 Å². The van der Waals surface area contributed by atoms with E-state index in [9.17, 15) is 0 Å². The molecule has 19 heavy (non-hydrogen) atoms. The number of benzene rings is 1. The molecule has 2 N–H and O–H groups in total. The van der Waals surface area contributed by atoms with Gasteiger partial charge in [0.25, 0.3) is 5.89 Å². The van der Waals surface area contributed by atoms with Crippen LogP contribution >= 0.6 is 0 Å². The molecule has 0 spiro atoms. The number of ether oxygens (including phenoxy) is 2. The Morgan fingerprint density at radius 1 is 1.16 bits per heavy atom. The number of hydrogen-bond acceptors (Lipinski definition) is 6. The zero-order valence-electron chi connectivity index (χ0n) is 11.4. The SMILES string of the molecule is COc1ccc(-c2nc(C(C)(C)N)no2)cc1OC. The predicted octanol–water partition coefficient (Wildman–Crippen LogP) is 1.95. The molecule has 1 aromatic carbocycles. The van der Waals surface area contributed by atoms with Crippen molar-refractivity contribution in [3.05, 3.63) is 24.0 Å². The molecule has 0 aliphatic carbocycles. The van der Waals surface area contributed by atoms with Gasteiger partial charge in [-0.1, -0.05) is 5.16 Å². The summed E-state index contributed by atoms with van der Waals surface area (Å²) in [5, 5.41) is 3.88. The van der Waals surface area contributed by atoms with Crippen LogP contribution in [0.15, 0.2) is 22.7 Å². The van der Waals surface area contributed by atoms with Crippen molar-refractivity contribution in [1.82, 2.24) is 10.1 Å². The molecule has 0 aliphatic heterocycles. The van der Waals surface area contributed by atoms with Crippen LogP contribution in [-0.2, 0) is 5.54 Å². The van der Waals surface area contributed by atoms with E-state index in [2.05, 4.69) is 10.1 Å². The molecule has 0 aliphatic rings. The second kappa shape index (κ2) is 4.89. The smallest absolute Gasteiger partial charge is 0.258 e. The zero-order valence-corrected chi connectivity index (χ0v) is 11.4. The van der Waals surface area contributed by atoms with E-state index in [-0.39, 0.29) is 0 Å². The standard InChI is InChI=1S/C13H17N3O3/c1-13(2,14)12-15-11(19-16-12)8-5-6-9(17-3)10(7-8)18-4/h5-7H,14H2,1-4H3. The van der Waals surface area contributed by atoms with E-state index in [1.54, 1.807) is 26.4 Å². The minimum absolute atomic E-state index is 0.398. The van der Waals surface area contributed by atoms with Gasteiger partial charge in [0.1, 0.15) is 0 Å². The summed E-state index contributed by atoms with van der Waals surface area (Å²) in [6.45, 7) is 3.63. The Bertz CT molecular complexity index is 573. The minimum atomic E-state index is -0.641. The van der Waals surface area contributed by atoms with Crippen molar-refractivity contribution in [3.8, 4) is 23.0 Å². The van der Waals surface area contributed by atoms with Crippen LogP contribution in [-0.4, -0.2) is 24.4 Å². The van der Waals surface area contributed by atoms with Gasteiger partial charge in [-0.2, -0.15) is 4.98 Å². The molecule has 0 unspecified atom stereocenters. The molecule has 102 valence electrons. The van der Waals surface area contributed by atoms with Gasteiger partial charge in [-0.3, -0.25) is 0 Å². The quantitative estimate of drug-likeness (QED) is 0.907. The summed E-state index contributed by atoms with van der Waals surface area (Å²) in [5.41, 5.74) is 6.03. The van der Waals surface area contributed by atoms with Crippen molar-refractivity contribution < 1.29 is 14.0 Å². The first-order valence-corrected chi connectivity index (χ1v) is 5.81. The Labute approximate surface area is 111 Å². The molecule has 2 rings (SSSR count). The van der Waals surface area contributed by atoms with Crippen molar-refractivity contribution >= 4 is 0 Å². The summed E-state index contributed by atoms with van der Waals surface area (Å²) in [6, 6.07) is 5.38. The number of nitrogens with zero attached hydrogens (tertiary/aromatic N) is 2. The second-order valence-corrected chi connectivity index (χ2v) is 4.71. The summed E-state index contributed by atoms with van der Waals surface area (Å²) in [6.07, 6.45) is 0. The number of nitrogens with two attached hydrogens (primary N) is 1. The molecule has 0 radical (unpaired) electrons. The van der Waals surface area contributed by atoms with E-state index < -0.39 is 5.54 Å². The lowest BCUT2D eigenvalue weighted by Crippen LogP contribution is -2.30. The lowest BCUT2D eigenvalue weighted by Gasteiger charge is -2.11. The first kappa shape index (κ1) is 13.4. The number of methoxy groups -OCH3 is 2. The molecule has 1 aromatic heterocycles. The van der Waals surface area contributed by atoms with Gasteiger partial charge < -0.3 is 19.7 Å². The topological polar surface area (TPSA) is 83.4 Å². The average Bonchev–Trinajstić information content (AvgIpc) is 2.87. The maximum absolute atomic E-state index is 5.92. The lowest BCUT2D eigenvalue weighted by molar-refractivity contribution is 0.354. The Hall–Kier alpha value is -2.08. The fraction of sp³-hybridized carbons (Fsp3) is 0.385. The monoisotopic (exact) mass is 263 g/mol. The molecule has 0 amide bonds. The van der Waals surface area contributed by atoms with Crippen molar-refractivity contribution in [2.24, 2.45) is 5.73 Å². The van der Waals surface area contributed by atoms with Gasteiger partial charge >= 0.3 is 0 Å². The van der Waals surface area contributed by atoms with Crippen LogP contribution in [0, 0.1) is 0 Å². The maximum Gasteiger partial charge on any atom is 0.258 e. The number of aromatic nitrogens is 2. The van der Waals surface area contributed by atoms with Gasteiger partial charge in [0.05, 0.1) is 19.8 Å². The van der Waals surface area contributed by atoms with Gasteiger partial charge in [-0.25, -0.2) is 0 Å². The van der Waals surface area contributed by atoms with Crippen molar-refractivity contribution in [2.45, 2.75) is 19.4 Å². The van der Waals surface area contributed by atoms with Crippen molar-refractivity contribution in [2.75, 3.05) is 14.2 Å². The first-order chi connectivity index (χ1) is 8.95. The lowest BCUT2D eigenvalue weighted by atomic mass is 10.1. The zero-order chi connectivity index (χ0) is 14.0. The molecular weight excluding hydrogens is 246 g/mol. The van der Waals surface area contributed by atoms with Gasteiger partial charge in [-0.05, 0) is 32.0 Å². The summed E-state index contributed by atoms with van der Waals surface area (Å²) in [5.74, 6) is 2.10. The average molecular weight is 263 g/mol. The summed E-state index contributed by atoms with van der Waals surface area (Å²) < 4.78 is 15.6. The highest BCUT2D eigenvalue weighted by Crippen LogP contribution is 2.32. The highest BCUT2D eigenvalue weighted by molar-refractivity contribution is 5.59. The van der Waals surface area contributed by atoms with Gasteiger partial charge in [-0.15, -0.1) is 0 Å². The van der Waals surface area contributed by atoms with E-state index in [1.165, 1.54) is 0 Å². The Morgan fingerprint density at radius 2 is 1.84 bits per heavy atom. The molecule has 1 heterocycles. The molecule has 0 saturated heterocycles. The third kappa shape index (κ3) is 2.68. The predicted molar refractivity (Wildman–Crippen MR) is 70.1 cm³/mol. The van der Waals surface area contributed by atoms with Crippen molar-refractivity contribution in [1.29, 1.82) is 0 Å². The van der Waals surface area contributed by atoms with Crippen LogP contribution in [0.3, 0.4) is 0 Å². The fourth-order valence-corrected chi connectivity index (χ4v) is 1.57. The maximum atomic E-state index is 5.92. The van der Waals surface area contributed by atoms with E-state index in [0.717, 1.165) is 5.56 Å². The number of rotatable bonds is 4. The molecule has 0 fully saturated rings. The second-order valence-electron chi connectivity index (χ2n) is 4.71. The van der Waals surface area contributed by atoms with Crippen molar-refractivity contribution in [3.63, 3.8) is 0 Å².